The van der Waals surface area contributed by atoms with Crippen molar-refractivity contribution in [3.63, 3.8) is 0 Å². The molecule has 2 nitrogen and oxygen atoms in total. The van der Waals surface area contributed by atoms with E-state index >= 15 is 0 Å². The van der Waals surface area contributed by atoms with Crippen LogP contribution in [0.5, 0.6) is 5.75 Å². The molecule has 0 amide bonds. The highest BCUT2D eigenvalue weighted by molar-refractivity contribution is 9.10. The molecule has 0 atom stereocenters. The molecule has 0 spiro atoms. The highest BCUT2D eigenvalue weighted by Crippen LogP contribution is 2.30. The van der Waals surface area contributed by atoms with E-state index in [1.807, 2.05) is 6.07 Å². The smallest absolute Gasteiger partial charge is 0.136 e. The zero-order valence-corrected chi connectivity index (χ0v) is 11.5. The van der Waals surface area contributed by atoms with Crippen LogP contribution in [-0.2, 0) is 0 Å². The van der Waals surface area contributed by atoms with E-state index in [2.05, 4.69) is 33.6 Å². The second kappa shape index (κ2) is 6.20. The molecule has 0 N–H and O–H groups in total. The molecule has 3 heteroatoms. The van der Waals surface area contributed by atoms with Gasteiger partial charge >= 0.3 is 0 Å². The van der Waals surface area contributed by atoms with Crippen molar-refractivity contribution in [1.29, 1.82) is 0 Å². The Morgan fingerprint density at radius 1 is 1.41 bits per heavy atom. The monoisotopic (exact) mass is 295 g/mol. The van der Waals surface area contributed by atoms with Gasteiger partial charge in [-0.1, -0.05) is 6.08 Å². The molecule has 17 heavy (non-hydrogen) atoms. The van der Waals surface area contributed by atoms with Crippen LogP contribution in [0.1, 0.15) is 25.7 Å². The number of ether oxygens (including phenoxy) is 1. The quantitative estimate of drug-likeness (QED) is 0.776. The number of nitrogens with zero attached hydrogens (tertiary/aromatic N) is 1. The van der Waals surface area contributed by atoms with Gasteiger partial charge < -0.3 is 4.74 Å². The van der Waals surface area contributed by atoms with Gasteiger partial charge in [-0.25, -0.2) is 0 Å². The lowest BCUT2D eigenvalue weighted by molar-refractivity contribution is 0.194. The van der Waals surface area contributed by atoms with Gasteiger partial charge in [0.05, 0.1) is 11.1 Å². The molecule has 1 aliphatic carbocycles. The molecule has 0 saturated heterocycles. The van der Waals surface area contributed by atoms with Crippen LogP contribution < -0.4 is 4.74 Å². The number of hydrogen-bond donors (Lipinski definition) is 0. The van der Waals surface area contributed by atoms with Crippen molar-refractivity contribution in [3.8, 4) is 5.75 Å². The maximum Gasteiger partial charge on any atom is 0.136 e. The van der Waals surface area contributed by atoms with Crippen molar-refractivity contribution in [1.82, 2.24) is 4.98 Å². The highest BCUT2D eigenvalue weighted by Gasteiger charge is 2.19. The lowest BCUT2D eigenvalue weighted by Gasteiger charge is -2.26. The topological polar surface area (TPSA) is 22.1 Å². The van der Waals surface area contributed by atoms with Crippen LogP contribution >= 0.6 is 15.9 Å². The molecule has 2 rings (SSSR count). The summed E-state index contributed by atoms with van der Waals surface area (Å²) in [7, 11) is 0. The number of aromatic nitrogens is 1. The summed E-state index contributed by atoms with van der Waals surface area (Å²) in [4.78, 5) is 4.02. The molecule has 0 unspecified atom stereocenters. The predicted octanol–water partition coefficient (Wildman–Crippen LogP) is 4.22. The SMILES string of the molecule is C=CC1CCC(COc2ccncc2Br)CC1. The van der Waals surface area contributed by atoms with E-state index in [9.17, 15) is 0 Å². The minimum atomic E-state index is 0.686. The minimum Gasteiger partial charge on any atom is -0.492 e. The molecule has 0 radical (unpaired) electrons. The van der Waals surface area contributed by atoms with E-state index in [1.54, 1.807) is 12.4 Å². The van der Waals surface area contributed by atoms with Crippen LogP contribution in [0.3, 0.4) is 0 Å². The molecule has 1 heterocycles. The Balaban J connectivity index is 1.80. The third-order valence-corrected chi connectivity index (χ3v) is 4.03. The Kier molecular flexibility index (Phi) is 4.60. The highest BCUT2D eigenvalue weighted by atomic mass is 79.9. The van der Waals surface area contributed by atoms with Crippen molar-refractivity contribution in [2.45, 2.75) is 25.7 Å². The molecular weight excluding hydrogens is 278 g/mol. The summed E-state index contributed by atoms with van der Waals surface area (Å²) in [6.07, 6.45) is 10.6. The van der Waals surface area contributed by atoms with Gasteiger partial charge in [0, 0.05) is 12.4 Å². The fraction of sp³-hybridized carbons (Fsp3) is 0.500. The maximum absolute atomic E-state index is 5.83. The molecule has 1 fully saturated rings. The number of allylic oxidation sites excluding steroid dienone is 1. The Bertz CT molecular complexity index is 372. The molecule has 0 aromatic carbocycles. The molecular formula is C14H18BrNO. The lowest BCUT2D eigenvalue weighted by atomic mass is 9.82. The Morgan fingerprint density at radius 2 is 2.18 bits per heavy atom. The summed E-state index contributed by atoms with van der Waals surface area (Å²) in [5.74, 6) is 2.30. The van der Waals surface area contributed by atoms with Crippen LogP contribution in [0, 0.1) is 11.8 Å². The summed E-state index contributed by atoms with van der Waals surface area (Å²) in [5.41, 5.74) is 0. The van der Waals surface area contributed by atoms with Crippen molar-refractivity contribution in [2.75, 3.05) is 6.61 Å². The van der Waals surface area contributed by atoms with Gasteiger partial charge in [0.2, 0.25) is 0 Å². The lowest BCUT2D eigenvalue weighted by Crippen LogP contribution is -2.19. The first-order valence-electron chi connectivity index (χ1n) is 6.14. The van der Waals surface area contributed by atoms with Crippen molar-refractivity contribution in [2.24, 2.45) is 11.8 Å². The first kappa shape index (κ1) is 12.6. The minimum absolute atomic E-state index is 0.686. The van der Waals surface area contributed by atoms with Crippen LogP contribution in [-0.4, -0.2) is 11.6 Å². The van der Waals surface area contributed by atoms with Gasteiger partial charge in [-0.3, -0.25) is 4.98 Å². The Morgan fingerprint density at radius 3 is 2.82 bits per heavy atom. The van der Waals surface area contributed by atoms with Crippen molar-refractivity contribution >= 4 is 15.9 Å². The summed E-state index contributed by atoms with van der Waals surface area (Å²) in [6.45, 7) is 4.68. The molecule has 1 aliphatic rings. The molecule has 92 valence electrons. The van der Waals surface area contributed by atoms with Gasteiger partial charge in [-0.15, -0.1) is 6.58 Å². The van der Waals surface area contributed by atoms with Gasteiger partial charge in [-0.05, 0) is 59.5 Å². The predicted molar refractivity (Wildman–Crippen MR) is 73.1 cm³/mol. The number of hydrogen-bond acceptors (Lipinski definition) is 2. The summed E-state index contributed by atoms with van der Waals surface area (Å²) in [6, 6.07) is 1.90. The third-order valence-electron chi connectivity index (χ3n) is 3.43. The standard InChI is InChI=1S/C14H18BrNO/c1-2-11-3-5-12(6-4-11)10-17-14-7-8-16-9-13(14)15/h2,7-9,11-12H,1,3-6,10H2. The first-order valence-corrected chi connectivity index (χ1v) is 6.93. The van der Waals surface area contributed by atoms with Crippen LogP contribution in [0.15, 0.2) is 35.6 Å². The van der Waals surface area contributed by atoms with Gasteiger partial charge in [-0.2, -0.15) is 0 Å². The number of halogens is 1. The van der Waals surface area contributed by atoms with Crippen LogP contribution in [0.2, 0.25) is 0 Å². The van der Waals surface area contributed by atoms with Gasteiger partial charge in [0.1, 0.15) is 5.75 Å². The van der Waals surface area contributed by atoms with Gasteiger partial charge in [0.25, 0.3) is 0 Å². The average molecular weight is 296 g/mol. The summed E-state index contributed by atoms with van der Waals surface area (Å²) >= 11 is 3.44. The fourth-order valence-corrected chi connectivity index (χ4v) is 2.64. The third kappa shape index (κ3) is 3.56. The second-order valence-corrected chi connectivity index (χ2v) is 5.49. The largest absolute Gasteiger partial charge is 0.492 e. The van der Waals surface area contributed by atoms with E-state index in [4.69, 9.17) is 4.74 Å². The van der Waals surface area contributed by atoms with E-state index in [0.717, 1.165) is 22.7 Å². The number of pyridine rings is 1. The van der Waals surface area contributed by atoms with E-state index in [1.165, 1.54) is 25.7 Å². The molecule has 0 bridgehead atoms. The Labute approximate surface area is 111 Å². The summed E-state index contributed by atoms with van der Waals surface area (Å²) < 4.78 is 6.76. The van der Waals surface area contributed by atoms with Crippen LogP contribution in [0.25, 0.3) is 0 Å². The van der Waals surface area contributed by atoms with E-state index in [-0.39, 0.29) is 0 Å². The molecule has 1 aromatic rings. The first-order chi connectivity index (χ1) is 8.29. The molecule has 1 aromatic heterocycles. The summed E-state index contributed by atoms with van der Waals surface area (Å²) in [5, 5.41) is 0. The van der Waals surface area contributed by atoms with Crippen molar-refractivity contribution < 1.29 is 4.74 Å². The zero-order valence-electron chi connectivity index (χ0n) is 9.94. The zero-order chi connectivity index (χ0) is 12.1. The van der Waals surface area contributed by atoms with E-state index < -0.39 is 0 Å². The van der Waals surface area contributed by atoms with Crippen molar-refractivity contribution in [3.05, 3.63) is 35.6 Å². The molecule has 1 saturated carbocycles. The maximum atomic E-state index is 5.83. The second-order valence-electron chi connectivity index (χ2n) is 4.63. The average Bonchev–Trinajstić information content (AvgIpc) is 2.38. The normalized spacial score (nSPS) is 24.3. The van der Waals surface area contributed by atoms with E-state index in [0.29, 0.717) is 5.92 Å². The number of rotatable bonds is 4. The Hall–Kier alpha value is -0.830. The van der Waals surface area contributed by atoms with Gasteiger partial charge in [0.15, 0.2) is 0 Å². The molecule has 0 aliphatic heterocycles. The van der Waals surface area contributed by atoms with Crippen LogP contribution in [0.4, 0.5) is 0 Å². The fourth-order valence-electron chi connectivity index (χ4n) is 2.28.